The molecule has 1 N–H and O–H groups in total. The number of fused-ring (bicyclic) bond motifs is 1. The smallest absolute Gasteiger partial charge is 0.267 e. The summed E-state index contributed by atoms with van der Waals surface area (Å²) in [5.41, 5.74) is 2.02. The van der Waals surface area contributed by atoms with E-state index in [2.05, 4.69) is 5.32 Å². The van der Waals surface area contributed by atoms with Gasteiger partial charge in [0.1, 0.15) is 10.9 Å². The normalized spacial score (nSPS) is 20.7. The zero-order valence-electron chi connectivity index (χ0n) is 17.5. The molecular weight excluding hydrogens is 478 g/mol. The Balaban J connectivity index is 1.45. The minimum absolute atomic E-state index is 0.0971. The molecule has 2 fully saturated rings. The average molecular weight is 498 g/mol. The average Bonchev–Trinajstić information content (AvgIpc) is 3.48. The van der Waals surface area contributed by atoms with E-state index < -0.39 is 0 Å². The van der Waals surface area contributed by atoms with Crippen molar-refractivity contribution in [3.63, 3.8) is 0 Å². The van der Waals surface area contributed by atoms with Gasteiger partial charge in [0, 0.05) is 11.6 Å². The van der Waals surface area contributed by atoms with Gasteiger partial charge in [-0.05, 0) is 31.0 Å². The second kappa shape index (κ2) is 8.93. The number of para-hydroxylation sites is 2. The van der Waals surface area contributed by atoms with E-state index in [9.17, 15) is 14.4 Å². The summed E-state index contributed by atoms with van der Waals surface area (Å²) >= 11 is 12.8. The molecule has 1 saturated carbocycles. The van der Waals surface area contributed by atoms with Crippen LogP contribution in [0.2, 0.25) is 5.02 Å². The van der Waals surface area contributed by atoms with Gasteiger partial charge in [0.15, 0.2) is 0 Å². The van der Waals surface area contributed by atoms with Gasteiger partial charge in [0.2, 0.25) is 5.91 Å². The van der Waals surface area contributed by atoms with Crippen LogP contribution in [-0.2, 0) is 14.4 Å². The number of nitrogens with one attached hydrogen (secondary N) is 1. The van der Waals surface area contributed by atoms with Gasteiger partial charge in [-0.15, -0.1) is 0 Å². The fourth-order valence-corrected chi connectivity index (χ4v) is 6.21. The molecule has 33 heavy (non-hydrogen) atoms. The summed E-state index contributed by atoms with van der Waals surface area (Å²) in [5.74, 6) is -0.971. The highest BCUT2D eigenvalue weighted by atomic mass is 35.5. The first-order chi connectivity index (χ1) is 16.0. The summed E-state index contributed by atoms with van der Waals surface area (Å²) in [6.45, 7) is -0.201. The molecule has 2 aromatic carbocycles. The minimum atomic E-state index is -0.383. The number of thiocarbonyl (C=S) groups is 1. The standard InChI is InChI=1S/C24H20ClN3O3S2/c25-16-10-4-5-11-17(16)26-19(29)13-27-18-12-6-3-9-15(18)20(22(27)30)21-23(31)28(24(32)33-21)14-7-1-2-8-14/h3-6,9-12,14H,1-2,7-8,13H2,(H,26,29)/b21-20-. The number of anilines is 2. The third-order valence-corrected chi connectivity index (χ3v) is 7.82. The zero-order valence-corrected chi connectivity index (χ0v) is 19.9. The van der Waals surface area contributed by atoms with Crippen LogP contribution in [0.5, 0.6) is 0 Å². The fourth-order valence-electron chi connectivity index (χ4n) is 4.56. The summed E-state index contributed by atoms with van der Waals surface area (Å²) in [4.78, 5) is 43.1. The molecule has 168 valence electrons. The second-order valence-corrected chi connectivity index (χ2v) is 10.2. The van der Waals surface area contributed by atoms with Gasteiger partial charge in [0.25, 0.3) is 11.8 Å². The summed E-state index contributed by atoms with van der Waals surface area (Å²) in [6.07, 6.45) is 4.00. The van der Waals surface area contributed by atoms with Crippen molar-refractivity contribution < 1.29 is 14.4 Å². The molecule has 3 aliphatic rings. The number of halogens is 1. The molecule has 0 unspecified atom stereocenters. The Hall–Kier alpha value is -2.68. The van der Waals surface area contributed by atoms with Crippen molar-refractivity contribution in [2.45, 2.75) is 31.7 Å². The van der Waals surface area contributed by atoms with Crippen molar-refractivity contribution in [1.82, 2.24) is 4.90 Å². The third-order valence-electron chi connectivity index (χ3n) is 6.09. The molecule has 0 radical (unpaired) electrons. The molecule has 1 aliphatic carbocycles. The van der Waals surface area contributed by atoms with E-state index in [0.717, 1.165) is 25.7 Å². The number of thioether (sulfide) groups is 1. The topological polar surface area (TPSA) is 69.7 Å². The van der Waals surface area contributed by atoms with E-state index in [1.807, 2.05) is 6.07 Å². The maximum atomic E-state index is 13.5. The van der Waals surface area contributed by atoms with Crippen LogP contribution in [0.4, 0.5) is 11.4 Å². The molecule has 2 heterocycles. The van der Waals surface area contributed by atoms with Gasteiger partial charge in [-0.1, -0.05) is 78.8 Å². The summed E-state index contributed by atoms with van der Waals surface area (Å²) in [5, 5.41) is 3.16. The number of hydrogen-bond donors (Lipinski definition) is 1. The van der Waals surface area contributed by atoms with Crippen molar-refractivity contribution in [2.24, 2.45) is 0 Å². The first-order valence-electron chi connectivity index (χ1n) is 10.7. The first-order valence-corrected chi connectivity index (χ1v) is 12.3. The van der Waals surface area contributed by atoms with Crippen molar-refractivity contribution in [3.8, 4) is 0 Å². The van der Waals surface area contributed by atoms with Crippen LogP contribution in [-0.4, -0.2) is 39.5 Å². The highest BCUT2D eigenvalue weighted by Gasteiger charge is 2.44. The van der Waals surface area contributed by atoms with Crippen LogP contribution in [0, 0.1) is 0 Å². The minimum Gasteiger partial charge on any atom is -0.323 e. The largest absolute Gasteiger partial charge is 0.323 e. The van der Waals surface area contributed by atoms with Crippen LogP contribution < -0.4 is 10.2 Å². The molecule has 2 aromatic rings. The van der Waals surface area contributed by atoms with Gasteiger partial charge in [-0.25, -0.2) is 0 Å². The highest BCUT2D eigenvalue weighted by Crippen LogP contribution is 2.46. The fraction of sp³-hybridized carbons (Fsp3) is 0.250. The maximum absolute atomic E-state index is 13.5. The number of carbonyl (C=O) groups excluding carboxylic acids is 3. The Morgan fingerprint density at radius 1 is 1.06 bits per heavy atom. The Morgan fingerprint density at radius 2 is 1.76 bits per heavy atom. The predicted octanol–water partition coefficient (Wildman–Crippen LogP) is 4.84. The van der Waals surface area contributed by atoms with Crippen LogP contribution >= 0.6 is 35.6 Å². The zero-order chi connectivity index (χ0) is 23.1. The quantitative estimate of drug-likeness (QED) is 0.483. The van der Waals surface area contributed by atoms with E-state index in [-0.39, 0.29) is 30.3 Å². The second-order valence-electron chi connectivity index (χ2n) is 8.12. The molecule has 1 saturated heterocycles. The Bertz CT molecular complexity index is 1220. The first kappa shape index (κ1) is 22.1. The van der Waals surface area contributed by atoms with Crippen LogP contribution in [0.25, 0.3) is 5.57 Å². The third kappa shape index (κ3) is 3.96. The number of carbonyl (C=O) groups is 3. The molecular formula is C24H20ClN3O3S2. The van der Waals surface area contributed by atoms with Crippen molar-refractivity contribution >= 4 is 74.6 Å². The van der Waals surface area contributed by atoms with Crippen LogP contribution in [0.15, 0.2) is 53.4 Å². The number of benzene rings is 2. The summed E-state index contributed by atoms with van der Waals surface area (Å²) < 4.78 is 0.495. The van der Waals surface area contributed by atoms with E-state index in [0.29, 0.717) is 36.8 Å². The summed E-state index contributed by atoms with van der Waals surface area (Å²) in [7, 11) is 0. The number of amides is 3. The molecule has 0 atom stereocenters. The summed E-state index contributed by atoms with van der Waals surface area (Å²) in [6, 6.07) is 14.2. The van der Waals surface area contributed by atoms with Gasteiger partial charge in [0.05, 0.1) is 26.9 Å². The number of hydrogen-bond acceptors (Lipinski definition) is 5. The number of nitrogens with zero attached hydrogens (tertiary/aromatic N) is 2. The Morgan fingerprint density at radius 3 is 2.52 bits per heavy atom. The molecule has 6 nitrogen and oxygen atoms in total. The molecule has 5 rings (SSSR count). The van der Waals surface area contributed by atoms with E-state index in [4.69, 9.17) is 23.8 Å². The van der Waals surface area contributed by atoms with Gasteiger partial charge in [-0.3, -0.25) is 24.2 Å². The van der Waals surface area contributed by atoms with Gasteiger partial charge < -0.3 is 5.32 Å². The lowest BCUT2D eigenvalue weighted by molar-refractivity contribution is -0.123. The molecule has 2 aliphatic heterocycles. The SMILES string of the molecule is O=C(CN1C(=O)/C(=C2\SC(=S)N(C3CCCC3)C2=O)c2ccccc21)Nc1ccccc1Cl. The van der Waals surface area contributed by atoms with Crippen LogP contribution in [0.1, 0.15) is 31.2 Å². The van der Waals surface area contributed by atoms with Gasteiger partial charge in [-0.2, -0.15) is 0 Å². The molecule has 0 bridgehead atoms. The lowest BCUT2D eigenvalue weighted by atomic mass is 10.1. The predicted molar refractivity (Wildman–Crippen MR) is 135 cm³/mol. The van der Waals surface area contributed by atoms with E-state index >= 15 is 0 Å². The van der Waals surface area contributed by atoms with Crippen molar-refractivity contribution in [1.29, 1.82) is 0 Å². The number of rotatable bonds is 4. The lowest BCUT2D eigenvalue weighted by Gasteiger charge is -2.22. The Kier molecular flexibility index (Phi) is 5.99. The Labute approximate surface area is 205 Å². The maximum Gasteiger partial charge on any atom is 0.267 e. The molecule has 0 aromatic heterocycles. The van der Waals surface area contributed by atoms with Crippen LogP contribution in [0.3, 0.4) is 0 Å². The van der Waals surface area contributed by atoms with E-state index in [1.54, 1.807) is 47.4 Å². The molecule has 9 heteroatoms. The van der Waals surface area contributed by atoms with E-state index in [1.165, 1.54) is 16.7 Å². The molecule has 3 amide bonds. The van der Waals surface area contributed by atoms with Gasteiger partial charge >= 0.3 is 0 Å². The molecule has 0 spiro atoms. The van der Waals surface area contributed by atoms with Crippen molar-refractivity contribution in [2.75, 3.05) is 16.8 Å². The van der Waals surface area contributed by atoms with Crippen molar-refractivity contribution in [3.05, 3.63) is 64.0 Å². The highest BCUT2D eigenvalue weighted by molar-refractivity contribution is 8.26. The monoisotopic (exact) mass is 497 g/mol. The lowest BCUT2D eigenvalue weighted by Crippen LogP contribution is -2.37.